The molecule has 0 saturated heterocycles. The molecular formula is C14H12ClF2NS. The summed E-state index contributed by atoms with van der Waals surface area (Å²) in [6, 6.07) is 6.03. The average Bonchev–Trinajstić information content (AvgIpc) is 3.03. The Labute approximate surface area is 119 Å². The second-order valence-electron chi connectivity index (χ2n) is 4.72. The zero-order valence-corrected chi connectivity index (χ0v) is 11.6. The van der Waals surface area contributed by atoms with E-state index >= 15 is 0 Å². The van der Waals surface area contributed by atoms with Crippen LogP contribution in [0.1, 0.15) is 23.8 Å². The van der Waals surface area contributed by atoms with Gasteiger partial charge >= 0.3 is 0 Å². The van der Waals surface area contributed by atoms with Gasteiger partial charge in [-0.15, -0.1) is 11.3 Å². The molecule has 1 nitrogen and oxygen atoms in total. The van der Waals surface area contributed by atoms with Gasteiger partial charge in [0.15, 0.2) is 5.82 Å². The maximum atomic E-state index is 13.8. The van der Waals surface area contributed by atoms with E-state index in [9.17, 15) is 8.78 Å². The Morgan fingerprint density at radius 2 is 2.11 bits per heavy atom. The summed E-state index contributed by atoms with van der Waals surface area (Å²) in [7, 11) is 0. The fraction of sp³-hybridized carbons (Fsp3) is 0.286. The van der Waals surface area contributed by atoms with Crippen LogP contribution in [0.5, 0.6) is 0 Å². The number of rotatable bonds is 4. The largest absolute Gasteiger partial charge is 0.374 e. The SMILES string of the molecule is Fc1cc(F)c(NC(c2cccs2)C2CC2)c(Cl)c1. The third kappa shape index (κ3) is 2.74. The van der Waals surface area contributed by atoms with E-state index in [2.05, 4.69) is 5.32 Å². The van der Waals surface area contributed by atoms with Gasteiger partial charge in [-0.2, -0.15) is 0 Å². The van der Waals surface area contributed by atoms with Crippen LogP contribution in [0.15, 0.2) is 29.6 Å². The Morgan fingerprint density at radius 3 is 2.68 bits per heavy atom. The van der Waals surface area contributed by atoms with Gasteiger partial charge in [-0.3, -0.25) is 0 Å². The van der Waals surface area contributed by atoms with Gasteiger partial charge in [-0.05, 0) is 36.3 Å². The average molecular weight is 300 g/mol. The number of halogens is 3. The first-order valence-electron chi connectivity index (χ1n) is 6.09. The lowest BCUT2D eigenvalue weighted by atomic mass is 10.1. The second-order valence-corrected chi connectivity index (χ2v) is 6.11. The highest BCUT2D eigenvalue weighted by Crippen LogP contribution is 2.45. The summed E-state index contributed by atoms with van der Waals surface area (Å²) in [6.45, 7) is 0. The molecule has 1 aliphatic carbocycles. The van der Waals surface area contributed by atoms with Gasteiger partial charge in [0.1, 0.15) is 5.82 Å². The highest BCUT2D eigenvalue weighted by atomic mass is 35.5. The third-order valence-electron chi connectivity index (χ3n) is 3.25. The molecule has 0 radical (unpaired) electrons. The maximum absolute atomic E-state index is 13.8. The van der Waals surface area contributed by atoms with Crippen molar-refractivity contribution < 1.29 is 8.78 Å². The van der Waals surface area contributed by atoms with Crippen molar-refractivity contribution in [1.82, 2.24) is 0 Å². The normalized spacial score (nSPS) is 16.4. The lowest BCUT2D eigenvalue weighted by Crippen LogP contribution is -2.13. The van der Waals surface area contributed by atoms with Crippen molar-refractivity contribution in [3.63, 3.8) is 0 Å². The van der Waals surface area contributed by atoms with E-state index in [0.717, 1.165) is 29.9 Å². The number of benzene rings is 1. The van der Waals surface area contributed by atoms with Crippen molar-refractivity contribution in [2.75, 3.05) is 5.32 Å². The third-order valence-corrected chi connectivity index (χ3v) is 4.50. The van der Waals surface area contributed by atoms with Crippen LogP contribution < -0.4 is 5.32 Å². The maximum Gasteiger partial charge on any atom is 0.150 e. The Balaban J connectivity index is 1.91. The van der Waals surface area contributed by atoms with E-state index < -0.39 is 11.6 Å². The standard InChI is InChI=1S/C14H12ClF2NS/c15-10-6-9(16)7-11(17)14(10)18-13(8-3-4-8)12-2-1-5-19-12/h1-2,5-8,13,18H,3-4H2. The summed E-state index contributed by atoms with van der Waals surface area (Å²) < 4.78 is 26.9. The Hall–Kier alpha value is -1.13. The summed E-state index contributed by atoms with van der Waals surface area (Å²) in [6.07, 6.45) is 2.24. The molecule has 1 fully saturated rings. The Kier molecular flexibility index (Phi) is 3.46. The molecular weight excluding hydrogens is 288 g/mol. The van der Waals surface area contributed by atoms with Crippen LogP contribution in [0.2, 0.25) is 5.02 Å². The van der Waals surface area contributed by atoms with E-state index in [1.807, 2.05) is 17.5 Å². The molecule has 1 aliphatic rings. The molecule has 1 heterocycles. The van der Waals surface area contributed by atoms with E-state index in [1.165, 1.54) is 0 Å². The molecule has 3 rings (SSSR count). The lowest BCUT2D eigenvalue weighted by Gasteiger charge is -2.19. The van der Waals surface area contributed by atoms with Crippen LogP contribution in [0.3, 0.4) is 0 Å². The highest BCUT2D eigenvalue weighted by Gasteiger charge is 2.33. The van der Waals surface area contributed by atoms with Gasteiger partial charge in [-0.25, -0.2) is 8.78 Å². The predicted octanol–water partition coefficient (Wildman–Crippen LogP) is 5.24. The van der Waals surface area contributed by atoms with Gasteiger partial charge in [0, 0.05) is 10.9 Å². The zero-order chi connectivity index (χ0) is 13.4. The first-order valence-corrected chi connectivity index (χ1v) is 7.35. The van der Waals surface area contributed by atoms with Crippen LogP contribution in [-0.2, 0) is 0 Å². The molecule has 1 aromatic heterocycles. The molecule has 0 amide bonds. The zero-order valence-electron chi connectivity index (χ0n) is 10.00. The second kappa shape index (κ2) is 5.10. The van der Waals surface area contributed by atoms with Gasteiger partial charge in [0.05, 0.1) is 16.8 Å². The molecule has 5 heteroatoms. The molecule has 100 valence electrons. The molecule has 0 bridgehead atoms. The molecule has 2 aromatic rings. The van der Waals surface area contributed by atoms with Crippen molar-refractivity contribution in [3.8, 4) is 0 Å². The fourth-order valence-electron chi connectivity index (χ4n) is 2.15. The summed E-state index contributed by atoms with van der Waals surface area (Å²) in [5.74, 6) is -0.807. The van der Waals surface area contributed by atoms with Gasteiger partial charge < -0.3 is 5.32 Å². The first-order chi connectivity index (χ1) is 9.15. The van der Waals surface area contributed by atoms with Gasteiger partial charge in [-0.1, -0.05) is 17.7 Å². The number of hydrogen-bond acceptors (Lipinski definition) is 2. The molecule has 0 spiro atoms. The predicted molar refractivity (Wildman–Crippen MR) is 74.8 cm³/mol. The Morgan fingerprint density at radius 1 is 1.32 bits per heavy atom. The Bertz CT molecular complexity index is 558. The minimum Gasteiger partial charge on any atom is -0.374 e. The smallest absolute Gasteiger partial charge is 0.150 e. The topological polar surface area (TPSA) is 12.0 Å². The molecule has 1 saturated carbocycles. The monoisotopic (exact) mass is 299 g/mol. The quantitative estimate of drug-likeness (QED) is 0.814. The van der Waals surface area contributed by atoms with Crippen molar-refractivity contribution in [2.24, 2.45) is 5.92 Å². The molecule has 1 atom stereocenters. The molecule has 1 aromatic carbocycles. The van der Waals surface area contributed by atoms with E-state index in [1.54, 1.807) is 11.3 Å². The van der Waals surface area contributed by atoms with E-state index in [4.69, 9.17) is 11.6 Å². The summed E-state index contributed by atoms with van der Waals surface area (Å²) in [4.78, 5) is 1.15. The van der Waals surface area contributed by atoms with E-state index in [0.29, 0.717) is 5.92 Å². The minimum absolute atomic E-state index is 0.0532. The van der Waals surface area contributed by atoms with E-state index in [-0.39, 0.29) is 16.8 Å². The van der Waals surface area contributed by atoms with Gasteiger partial charge in [0.25, 0.3) is 0 Å². The van der Waals surface area contributed by atoms with Gasteiger partial charge in [0.2, 0.25) is 0 Å². The van der Waals surface area contributed by atoms with Crippen LogP contribution in [-0.4, -0.2) is 0 Å². The number of nitrogens with one attached hydrogen (secondary N) is 1. The minimum atomic E-state index is -0.660. The van der Waals surface area contributed by atoms with Crippen LogP contribution >= 0.6 is 22.9 Å². The number of hydrogen-bond donors (Lipinski definition) is 1. The van der Waals surface area contributed by atoms with Crippen molar-refractivity contribution >= 4 is 28.6 Å². The summed E-state index contributed by atoms with van der Waals surface area (Å²) >= 11 is 7.56. The summed E-state index contributed by atoms with van der Waals surface area (Å²) in [5.41, 5.74) is 0.188. The van der Waals surface area contributed by atoms with Crippen molar-refractivity contribution in [1.29, 1.82) is 0 Å². The van der Waals surface area contributed by atoms with Crippen LogP contribution in [0, 0.1) is 17.6 Å². The first kappa shape index (κ1) is 12.9. The molecule has 19 heavy (non-hydrogen) atoms. The molecule has 1 N–H and O–H groups in total. The molecule has 0 aliphatic heterocycles. The summed E-state index contributed by atoms with van der Waals surface area (Å²) in [5, 5.41) is 5.22. The highest BCUT2D eigenvalue weighted by molar-refractivity contribution is 7.10. The number of thiophene rings is 1. The fourth-order valence-corrected chi connectivity index (χ4v) is 3.27. The van der Waals surface area contributed by atoms with Crippen molar-refractivity contribution in [2.45, 2.75) is 18.9 Å². The lowest BCUT2D eigenvalue weighted by molar-refractivity contribution is 0.580. The number of anilines is 1. The van der Waals surface area contributed by atoms with Crippen LogP contribution in [0.25, 0.3) is 0 Å². The van der Waals surface area contributed by atoms with Crippen molar-refractivity contribution in [3.05, 3.63) is 51.2 Å². The molecule has 1 unspecified atom stereocenters. The van der Waals surface area contributed by atoms with Crippen LogP contribution in [0.4, 0.5) is 14.5 Å².